The quantitative estimate of drug-likeness (QED) is 0.317. The number of rotatable bonds is 6. The molecule has 1 atom stereocenters. The van der Waals surface area contributed by atoms with Gasteiger partial charge in [-0.3, -0.25) is 9.69 Å². The maximum Gasteiger partial charge on any atom is 0.416 e. The van der Waals surface area contributed by atoms with Crippen molar-refractivity contribution in [3.05, 3.63) is 94.1 Å². The second-order valence-corrected chi connectivity index (χ2v) is 10.7. The Bertz CT molecular complexity index is 1540. The number of carbonyl (C=O) groups excluding carboxylic acids is 2. The van der Waals surface area contributed by atoms with Gasteiger partial charge in [0.2, 0.25) is 0 Å². The van der Waals surface area contributed by atoms with Crippen molar-refractivity contribution in [3.8, 4) is 11.5 Å². The number of nitrogens with zero attached hydrogens (tertiary/aromatic N) is 2. The van der Waals surface area contributed by atoms with Gasteiger partial charge in [-0.1, -0.05) is 42.8 Å². The van der Waals surface area contributed by atoms with Gasteiger partial charge in [0.25, 0.3) is 5.91 Å². The standard InChI is InChI=1S/C32H32ClN3O5/c1-2-21-3-8-25(9-4-21)41-32(38)36-14-13-26-27-19-23(33)7-12-28(27)34-30(26)31(36)22-5-10-24(11-6-22)40-20-29(37)35-15-17-39-18-16-35/h3-12,19,31,34H,2,13-18,20H2,1H3. The van der Waals surface area contributed by atoms with Crippen LogP contribution in [0, 0.1) is 0 Å². The summed E-state index contributed by atoms with van der Waals surface area (Å²) >= 11 is 6.34. The van der Waals surface area contributed by atoms with Crippen LogP contribution in [0.1, 0.15) is 35.3 Å². The highest BCUT2D eigenvalue weighted by Crippen LogP contribution is 2.40. The van der Waals surface area contributed by atoms with E-state index in [0.29, 0.717) is 55.8 Å². The number of hydrogen-bond acceptors (Lipinski definition) is 5. The summed E-state index contributed by atoms with van der Waals surface area (Å²) in [6.07, 6.45) is 1.16. The van der Waals surface area contributed by atoms with Crippen LogP contribution in [-0.2, 0) is 22.4 Å². The fraction of sp³-hybridized carbons (Fsp3) is 0.312. The highest BCUT2D eigenvalue weighted by molar-refractivity contribution is 6.31. The van der Waals surface area contributed by atoms with Crippen LogP contribution in [0.4, 0.5) is 4.79 Å². The first-order valence-corrected chi connectivity index (χ1v) is 14.3. The van der Waals surface area contributed by atoms with Crippen molar-refractivity contribution < 1.29 is 23.8 Å². The molecular formula is C32H32ClN3O5. The molecule has 0 bridgehead atoms. The molecule has 1 fully saturated rings. The molecule has 3 aromatic carbocycles. The summed E-state index contributed by atoms with van der Waals surface area (Å²) in [6.45, 7) is 4.79. The number of aromatic amines is 1. The van der Waals surface area contributed by atoms with Crippen molar-refractivity contribution in [3.63, 3.8) is 0 Å². The van der Waals surface area contributed by atoms with Gasteiger partial charge in [-0.2, -0.15) is 0 Å². The van der Waals surface area contributed by atoms with Gasteiger partial charge in [-0.15, -0.1) is 0 Å². The van der Waals surface area contributed by atoms with Crippen molar-refractivity contribution in [2.24, 2.45) is 0 Å². The third kappa shape index (κ3) is 5.76. The number of carbonyl (C=O) groups is 2. The maximum atomic E-state index is 13.6. The van der Waals surface area contributed by atoms with Crippen LogP contribution in [0.25, 0.3) is 10.9 Å². The van der Waals surface area contributed by atoms with Gasteiger partial charge in [-0.25, -0.2) is 4.79 Å². The van der Waals surface area contributed by atoms with Gasteiger partial charge in [0.1, 0.15) is 17.5 Å². The Balaban J connectivity index is 1.26. The number of halogens is 1. The molecule has 9 heteroatoms. The van der Waals surface area contributed by atoms with Gasteiger partial charge in [0.05, 0.1) is 13.2 Å². The fourth-order valence-corrected chi connectivity index (χ4v) is 5.72. The zero-order chi connectivity index (χ0) is 28.3. The Morgan fingerprint density at radius 1 is 0.976 bits per heavy atom. The van der Waals surface area contributed by atoms with Crippen molar-refractivity contribution in [1.29, 1.82) is 0 Å². The zero-order valence-corrected chi connectivity index (χ0v) is 23.7. The lowest BCUT2D eigenvalue weighted by Gasteiger charge is -2.35. The molecule has 1 unspecified atom stereocenters. The molecule has 8 nitrogen and oxygen atoms in total. The second-order valence-electron chi connectivity index (χ2n) is 10.3. The zero-order valence-electron chi connectivity index (χ0n) is 22.9. The monoisotopic (exact) mass is 573 g/mol. The van der Waals surface area contributed by atoms with Crippen LogP contribution < -0.4 is 9.47 Å². The molecule has 0 spiro atoms. The SMILES string of the molecule is CCc1ccc(OC(=O)N2CCc3c([nH]c4ccc(Cl)cc34)C2c2ccc(OCC(=O)N3CCOCC3)cc2)cc1. The molecule has 4 aromatic rings. The number of amides is 2. The van der Waals surface area contributed by atoms with Gasteiger partial charge in [0.15, 0.2) is 6.61 Å². The first-order valence-electron chi connectivity index (χ1n) is 14.0. The fourth-order valence-electron chi connectivity index (χ4n) is 5.55. The molecular weight excluding hydrogens is 542 g/mol. The number of ether oxygens (including phenoxy) is 3. The Kier molecular flexibility index (Phi) is 7.85. The molecule has 0 aliphatic carbocycles. The summed E-state index contributed by atoms with van der Waals surface area (Å²) in [4.78, 5) is 33.1. The number of morpholine rings is 1. The minimum Gasteiger partial charge on any atom is -0.484 e. The van der Waals surface area contributed by atoms with E-state index in [1.54, 1.807) is 9.80 Å². The first-order chi connectivity index (χ1) is 20.0. The predicted molar refractivity (Wildman–Crippen MR) is 157 cm³/mol. The predicted octanol–water partition coefficient (Wildman–Crippen LogP) is 5.77. The molecule has 2 aliphatic heterocycles. The highest BCUT2D eigenvalue weighted by atomic mass is 35.5. The average Bonchev–Trinajstić information content (AvgIpc) is 3.38. The Labute approximate surface area is 243 Å². The molecule has 2 amide bonds. The number of fused-ring (bicyclic) bond motifs is 3. The van der Waals surface area contributed by atoms with E-state index in [-0.39, 0.29) is 12.5 Å². The lowest BCUT2D eigenvalue weighted by Crippen LogP contribution is -2.43. The normalized spacial score (nSPS) is 16.9. The van der Waals surface area contributed by atoms with E-state index in [1.165, 1.54) is 5.56 Å². The molecule has 1 N–H and O–H groups in total. The third-order valence-electron chi connectivity index (χ3n) is 7.78. The average molecular weight is 574 g/mol. The van der Waals surface area contributed by atoms with Crippen molar-refractivity contribution in [2.45, 2.75) is 25.8 Å². The number of nitrogens with one attached hydrogen (secondary N) is 1. The number of H-pyrrole nitrogens is 1. The molecule has 0 saturated carbocycles. The third-order valence-corrected chi connectivity index (χ3v) is 8.02. The number of benzene rings is 3. The highest BCUT2D eigenvalue weighted by Gasteiger charge is 2.36. The molecule has 0 radical (unpaired) electrons. The number of aromatic nitrogens is 1. The summed E-state index contributed by atoms with van der Waals surface area (Å²) in [5.74, 6) is 1.03. The molecule has 2 aliphatic rings. The second kappa shape index (κ2) is 11.8. The molecule has 1 aromatic heterocycles. The van der Waals surface area contributed by atoms with Gasteiger partial charge < -0.3 is 24.1 Å². The van der Waals surface area contributed by atoms with Crippen LogP contribution in [0.15, 0.2) is 66.7 Å². The van der Waals surface area contributed by atoms with Crippen LogP contribution in [0.2, 0.25) is 5.02 Å². The van der Waals surface area contributed by atoms with E-state index < -0.39 is 12.1 Å². The van der Waals surface area contributed by atoms with Gasteiger partial charge >= 0.3 is 6.09 Å². The van der Waals surface area contributed by atoms with E-state index in [9.17, 15) is 9.59 Å². The molecule has 1 saturated heterocycles. The Morgan fingerprint density at radius 3 is 2.44 bits per heavy atom. The maximum absolute atomic E-state index is 13.6. The summed E-state index contributed by atoms with van der Waals surface area (Å²) in [6, 6.07) is 20.5. The summed E-state index contributed by atoms with van der Waals surface area (Å²) in [5, 5.41) is 1.73. The number of hydrogen-bond donors (Lipinski definition) is 1. The number of aryl methyl sites for hydroxylation is 1. The summed E-state index contributed by atoms with van der Waals surface area (Å²) < 4.78 is 17.0. The lowest BCUT2D eigenvalue weighted by molar-refractivity contribution is -0.137. The van der Waals surface area contributed by atoms with Crippen molar-refractivity contribution >= 4 is 34.5 Å². The first kappa shape index (κ1) is 27.2. The lowest BCUT2D eigenvalue weighted by atomic mass is 9.92. The van der Waals surface area contributed by atoms with E-state index in [4.69, 9.17) is 25.8 Å². The Hall–Kier alpha value is -4.01. The van der Waals surface area contributed by atoms with Crippen molar-refractivity contribution in [2.75, 3.05) is 39.5 Å². The minimum absolute atomic E-state index is 0.0367. The summed E-state index contributed by atoms with van der Waals surface area (Å²) in [5.41, 5.74) is 5.12. The minimum atomic E-state index is -0.418. The van der Waals surface area contributed by atoms with Crippen LogP contribution >= 0.6 is 11.6 Å². The van der Waals surface area contributed by atoms with Crippen LogP contribution in [0.3, 0.4) is 0 Å². The van der Waals surface area contributed by atoms with Crippen LogP contribution in [0.5, 0.6) is 11.5 Å². The van der Waals surface area contributed by atoms with E-state index in [2.05, 4.69) is 11.9 Å². The van der Waals surface area contributed by atoms with Crippen LogP contribution in [-0.4, -0.2) is 66.2 Å². The molecule has 41 heavy (non-hydrogen) atoms. The van der Waals surface area contributed by atoms with E-state index in [1.807, 2.05) is 66.7 Å². The van der Waals surface area contributed by atoms with E-state index in [0.717, 1.165) is 34.1 Å². The molecule has 212 valence electrons. The topological polar surface area (TPSA) is 84.1 Å². The largest absolute Gasteiger partial charge is 0.484 e. The van der Waals surface area contributed by atoms with Gasteiger partial charge in [-0.05, 0) is 72.0 Å². The molecule has 6 rings (SSSR count). The van der Waals surface area contributed by atoms with Gasteiger partial charge in [0, 0.05) is 41.3 Å². The summed E-state index contributed by atoms with van der Waals surface area (Å²) in [7, 11) is 0. The molecule has 3 heterocycles. The Morgan fingerprint density at radius 2 is 1.71 bits per heavy atom. The van der Waals surface area contributed by atoms with E-state index >= 15 is 0 Å². The smallest absolute Gasteiger partial charge is 0.416 e. The van der Waals surface area contributed by atoms with Crippen molar-refractivity contribution in [1.82, 2.24) is 14.8 Å².